The van der Waals surface area contributed by atoms with E-state index in [2.05, 4.69) is 15.3 Å². The van der Waals surface area contributed by atoms with E-state index >= 15 is 0 Å². The van der Waals surface area contributed by atoms with Crippen molar-refractivity contribution in [1.29, 1.82) is 0 Å². The summed E-state index contributed by atoms with van der Waals surface area (Å²) < 4.78 is 0. The number of rotatable bonds is 5. The van der Waals surface area contributed by atoms with Crippen LogP contribution in [0.25, 0.3) is 0 Å². The maximum Gasteiger partial charge on any atom is 0.223 e. The topological polar surface area (TPSA) is 84.1 Å². The lowest BCUT2D eigenvalue weighted by molar-refractivity contribution is 0.176. The summed E-state index contributed by atoms with van der Waals surface area (Å²) in [6.07, 6.45) is 1.31. The molecule has 1 heterocycles. The molecule has 4 N–H and O–H groups in total. The van der Waals surface area contributed by atoms with Crippen LogP contribution in [0, 0.1) is 0 Å². The molecule has 0 bridgehead atoms. The molecule has 1 aromatic heterocycles. The zero-order valence-corrected chi connectivity index (χ0v) is 9.33. The zero-order chi connectivity index (χ0) is 11.3. The molecule has 6 heteroatoms. The lowest BCUT2D eigenvalue weighted by atomic mass is 10.2. The first-order valence-corrected chi connectivity index (χ1v) is 5.21. The van der Waals surface area contributed by atoms with Gasteiger partial charge >= 0.3 is 0 Å². The summed E-state index contributed by atoms with van der Waals surface area (Å²) in [6, 6.07) is 1.57. The van der Waals surface area contributed by atoms with Gasteiger partial charge in [-0.05, 0) is 6.42 Å². The lowest BCUT2D eigenvalue weighted by Gasteiger charge is -2.11. The molecule has 0 fully saturated rings. The van der Waals surface area contributed by atoms with Crippen LogP contribution in [0.4, 0.5) is 11.8 Å². The highest BCUT2D eigenvalue weighted by atomic mass is 35.5. The van der Waals surface area contributed by atoms with Crippen LogP contribution in [0.3, 0.4) is 0 Å². The summed E-state index contributed by atoms with van der Waals surface area (Å²) in [5, 5.41) is 12.7. The maximum atomic E-state index is 9.48. The number of aliphatic hydroxyl groups excluding tert-OH is 1. The van der Waals surface area contributed by atoms with Crippen molar-refractivity contribution in [2.45, 2.75) is 25.9 Å². The van der Waals surface area contributed by atoms with Gasteiger partial charge in [0.05, 0.1) is 6.10 Å². The van der Waals surface area contributed by atoms with Gasteiger partial charge in [-0.1, -0.05) is 24.9 Å². The van der Waals surface area contributed by atoms with Crippen LogP contribution in [0.1, 0.15) is 19.8 Å². The molecule has 0 saturated heterocycles. The predicted octanol–water partition coefficient (Wildman–Crippen LogP) is 1.29. The van der Waals surface area contributed by atoms with Crippen LogP contribution in [0.15, 0.2) is 6.07 Å². The first kappa shape index (κ1) is 12.0. The van der Waals surface area contributed by atoms with Gasteiger partial charge in [-0.2, -0.15) is 4.98 Å². The molecule has 0 radical (unpaired) electrons. The van der Waals surface area contributed by atoms with Crippen molar-refractivity contribution in [3.8, 4) is 0 Å². The zero-order valence-electron chi connectivity index (χ0n) is 8.57. The highest BCUT2D eigenvalue weighted by molar-refractivity contribution is 6.29. The van der Waals surface area contributed by atoms with Gasteiger partial charge in [0.25, 0.3) is 0 Å². The number of halogens is 1. The molecule has 0 saturated carbocycles. The number of nitrogens with two attached hydrogens (primary N) is 1. The molecule has 15 heavy (non-hydrogen) atoms. The van der Waals surface area contributed by atoms with Gasteiger partial charge in [0.2, 0.25) is 5.95 Å². The summed E-state index contributed by atoms with van der Waals surface area (Å²) >= 11 is 5.69. The monoisotopic (exact) mass is 230 g/mol. The Balaban J connectivity index is 2.50. The molecule has 1 aromatic rings. The molecule has 0 aromatic carbocycles. The minimum Gasteiger partial charge on any atom is -0.391 e. The predicted molar refractivity (Wildman–Crippen MR) is 60.9 cm³/mol. The largest absolute Gasteiger partial charge is 0.391 e. The van der Waals surface area contributed by atoms with Crippen LogP contribution in [0.5, 0.6) is 0 Å². The number of anilines is 2. The number of nitrogen functional groups attached to an aromatic ring is 1. The number of nitrogens with zero attached hydrogens (tertiary/aromatic N) is 2. The third-order valence-electron chi connectivity index (χ3n) is 1.85. The molecule has 0 spiro atoms. The van der Waals surface area contributed by atoms with E-state index in [1.54, 1.807) is 6.07 Å². The smallest absolute Gasteiger partial charge is 0.223 e. The van der Waals surface area contributed by atoms with Gasteiger partial charge in [0.15, 0.2) is 0 Å². The molecule has 1 rings (SSSR count). The second kappa shape index (κ2) is 5.72. The fourth-order valence-corrected chi connectivity index (χ4v) is 1.37. The molecule has 5 nitrogen and oxygen atoms in total. The third kappa shape index (κ3) is 4.31. The number of nitrogens with one attached hydrogen (secondary N) is 1. The Morgan fingerprint density at radius 2 is 2.33 bits per heavy atom. The number of hydrogen-bond acceptors (Lipinski definition) is 5. The van der Waals surface area contributed by atoms with E-state index in [0.29, 0.717) is 12.4 Å². The summed E-state index contributed by atoms with van der Waals surface area (Å²) in [6.45, 7) is 2.45. The first-order chi connectivity index (χ1) is 7.11. The Labute approximate surface area is 93.7 Å². The summed E-state index contributed by atoms with van der Waals surface area (Å²) in [5.74, 6) is 0.651. The molecule has 0 amide bonds. The van der Waals surface area contributed by atoms with Crippen molar-refractivity contribution in [2.24, 2.45) is 0 Å². The Kier molecular flexibility index (Phi) is 4.58. The van der Waals surface area contributed by atoms with Crippen molar-refractivity contribution in [2.75, 3.05) is 17.6 Å². The summed E-state index contributed by atoms with van der Waals surface area (Å²) in [4.78, 5) is 7.65. The van der Waals surface area contributed by atoms with Crippen LogP contribution < -0.4 is 11.1 Å². The van der Waals surface area contributed by atoms with E-state index in [1.165, 1.54) is 0 Å². The maximum absolute atomic E-state index is 9.48. The van der Waals surface area contributed by atoms with E-state index in [-0.39, 0.29) is 17.2 Å². The molecule has 1 unspecified atom stereocenters. The molecule has 84 valence electrons. The van der Waals surface area contributed by atoms with Crippen LogP contribution >= 0.6 is 11.6 Å². The Morgan fingerprint density at radius 3 is 2.93 bits per heavy atom. The normalized spacial score (nSPS) is 12.5. The van der Waals surface area contributed by atoms with Gasteiger partial charge in [0.1, 0.15) is 11.0 Å². The van der Waals surface area contributed by atoms with Gasteiger partial charge in [-0.15, -0.1) is 0 Å². The van der Waals surface area contributed by atoms with E-state index in [1.807, 2.05) is 6.92 Å². The van der Waals surface area contributed by atoms with Gasteiger partial charge in [-0.25, -0.2) is 4.98 Å². The highest BCUT2D eigenvalue weighted by Crippen LogP contribution is 2.12. The standard InChI is InChI=1S/C9H15ClN4O/c1-2-3-6(15)5-12-8-4-7(10)13-9(11)14-8/h4,6,15H,2-3,5H2,1H3,(H3,11,12,13,14). The van der Waals surface area contributed by atoms with Crippen LogP contribution in [-0.2, 0) is 0 Å². The minimum absolute atomic E-state index is 0.120. The lowest BCUT2D eigenvalue weighted by Crippen LogP contribution is -2.19. The van der Waals surface area contributed by atoms with Crippen molar-refractivity contribution in [3.05, 3.63) is 11.2 Å². The quantitative estimate of drug-likeness (QED) is 0.664. The second-order valence-corrected chi connectivity index (χ2v) is 3.64. The number of aromatic nitrogens is 2. The Bertz CT molecular complexity index is 301. The van der Waals surface area contributed by atoms with Crippen LogP contribution in [-0.4, -0.2) is 27.7 Å². The third-order valence-corrected chi connectivity index (χ3v) is 2.05. The van der Waals surface area contributed by atoms with Gasteiger partial charge < -0.3 is 16.2 Å². The molecule has 0 aliphatic heterocycles. The van der Waals surface area contributed by atoms with Crippen molar-refractivity contribution >= 4 is 23.4 Å². The highest BCUT2D eigenvalue weighted by Gasteiger charge is 2.04. The molecule has 1 atom stereocenters. The molecular weight excluding hydrogens is 216 g/mol. The van der Waals surface area contributed by atoms with E-state index in [0.717, 1.165) is 12.8 Å². The van der Waals surface area contributed by atoms with E-state index in [9.17, 15) is 5.11 Å². The summed E-state index contributed by atoms with van der Waals surface area (Å²) in [5.41, 5.74) is 5.42. The van der Waals surface area contributed by atoms with Crippen molar-refractivity contribution in [3.63, 3.8) is 0 Å². The Hall–Kier alpha value is -1.07. The van der Waals surface area contributed by atoms with Crippen LogP contribution in [0.2, 0.25) is 5.15 Å². The van der Waals surface area contributed by atoms with Crippen molar-refractivity contribution < 1.29 is 5.11 Å². The van der Waals surface area contributed by atoms with Gasteiger partial charge in [-0.3, -0.25) is 0 Å². The number of hydrogen-bond donors (Lipinski definition) is 3. The molecule has 0 aliphatic carbocycles. The fraction of sp³-hybridized carbons (Fsp3) is 0.556. The fourth-order valence-electron chi connectivity index (χ4n) is 1.18. The minimum atomic E-state index is -0.384. The van der Waals surface area contributed by atoms with Crippen molar-refractivity contribution in [1.82, 2.24) is 9.97 Å². The first-order valence-electron chi connectivity index (χ1n) is 4.83. The molecular formula is C9H15ClN4O. The average Bonchev–Trinajstić information content (AvgIpc) is 2.14. The second-order valence-electron chi connectivity index (χ2n) is 3.26. The SMILES string of the molecule is CCCC(O)CNc1cc(Cl)nc(N)n1. The van der Waals surface area contributed by atoms with E-state index in [4.69, 9.17) is 17.3 Å². The Morgan fingerprint density at radius 1 is 1.60 bits per heavy atom. The summed E-state index contributed by atoms with van der Waals surface area (Å²) in [7, 11) is 0. The van der Waals surface area contributed by atoms with Gasteiger partial charge in [0, 0.05) is 12.6 Å². The number of aliphatic hydroxyl groups is 1. The van der Waals surface area contributed by atoms with E-state index < -0.39 is 0 Å². The average molecular weight is 231 g/mol. The molecule has 0 aliphatic rings.